The lowest BCUT2D eigenvalue weighted by Gasteiger charge is -2.22. The largest absolute Gasteiger partial charge is 0.306 e. The number of benzene rings is 2. The van der Waals surface area contributed by atoms with E-state index in [9.17, 15) is 13.2 Å². The van der Waals surface area contributed by atoms with Crippen LogP contribution in [0.1, 0.15) is 24.1 Å². The predicted octanol–water partition coefficient (Wildman–Crippen LogP) is 4.52. The van der Waals surface area contributed by atoms with Crippen LogP contribution in [0, 0.1) is 17.5 Å². The Morgan fingerprint density at radius 3 is 2.33 bits per heavy atom. The summed E-state index contributed by atoms with van der Waals surface area (Å²) in [6, 6.07) is 8.51. The monoisotopic (exact) mass is 311 g/mol. The fourth-order valence-electron chi connectivity index (χ4n) is 2.26. The molecule has 0 saturated heterocycles. The van der Waals surface area contributed by atoms with Gasteiger partial charge in [-0.25, -0.2) is 13.2 Å². The zero-order valence-corrected chi connectivity index (χ0v) is 12.6. The molecule has 0 fully saturated rings. The van der Waals surface area contributed by atoms with Gasteiger partial charge in [-0.15, -0.1) is 11.8 Å². The molecule has 0 heterocycles. The van der Waals surface area contributed by atoms with Crippen LogP contribution in [0.3, 0.4) is 0 Å². The van der Waals surface area contributed by atoms with E-state index in [2.05, 4.69) is 5.32 Å². The number of hydrogen-bond acceptors (Lipinski definition) is 2. The summed E-state index contributed by atoms with van der Waals surface area (Å²) in [6.45, 7) is 2.46. The van der Waals surface area contributed by atoms with Gasteiger partial charge >= 0.3 is 0 Å². The van der Waals surface area contributed by atoms with Gasteiger partial charge in [-0.05, 0) is 30.5 Å². The first-order chi connectivity index (χ1) is 10.1. The summed E-state index contributed by atoms with van der Waals surface area (Å²) in [5.74, 6) is -2.98. The molecule has 2 aromatic rings. The predicted molar refractivity (Wildman–Crippen MR) is 80.1 cm³/mol. The van der Waals surface area contributed by atoms with E-state index < -0.39 is 23.5 Å². The van der Waals surface area contributed by atoms with Gasteiger partial charge < -0.3 is 5.32 Å². The second-order valence-electron chi connectivity index (χ2n) is 4.52. The second-order valence-corrected chi connectivity index (χ2v) is 5.37. The van der Waals surface area contributed by atoms with Crippen molar-refractivity contribution >= 4 is 11.8 Å². The number of halogens is 3. The lowest BCUT2D eigenvalue weighted by molar-refractivity contribution is 0.480. The smallest absolute Gasteiger partial charge is 0.161 e. The van der Waals surface area contributed by atoms with Crippen LogP contribution in [0.2, 0.25) is 0 Å². The molecule has 1 N–H and O–H groups in total. The van der Waals surface area contributed by atoms with Crippen LogP contribution >= 0.6 is 11.8 Å². The van der Waals surface area contributed by atoms with Gasteiger partial charge in [-0.2, -0.15) is 0 Å². The molecule has 0 spiro atoms. The van der Waals surface area contributed by atoms with Crippen LogP contribution in [-0.2, 0) is 0 Å². The normalized spacial score (nSPS) is 12.4. The molecule has 0 aliphatic rings. The second kappa shape index (κ2) is 7.00. The number of nitrogens with one attached hydrogen (secondary N) is 1. The molecule has 2 aromatic carbocycles. The molecule has 21 heavy (non-hydrogen) atoms. The first-order valence-corrected chi connectivity index (χ1v) is 7.81. The van der Waals surface area contributed by atoms with Crippen LogP contribution < -0.4 is 5.32 Å². The molecule has 1 unspecified atom stereocenters. The summed E-state index contributed by atoms with van der Waals surface area (Å²) in [5.41, 5.74) is 0.953. The van der Waals surface area contributed by atoms with E-state index in [1.54, 1.807) is 0 Å². The van der Waals surface area contributed by atoms with Crippen molar-refractivity contribution in [2.45, 2.75) is 17.9 Å². The first-order valence-electron chi connectivity index (χ1n) is 6.59. The maximum Gasteiger partial charge on any atom is 0.161 e. The third kappa shape index (κ3) is 3.41. The van der Waals surface area contributed by atoms with Crippen LogP contribution in [0.5, 0.6) is 0 Å². The minimum absolute atomic E-state index is 0.109. The van der Waals surface area contributed by atoms with Crippen molar-refractivity contribution in [3.05, 3.63) is 65.0 Å². The summed E-state index contributed by atoms with van der Waals surface area (Å²) >= 11 is 1.53. The molecule has 0 aromatic heterocycles. The van der Waals surface area contributed by atoms with E-state index >= 15 is 0 Å². The van der Waals surface area contributed by atoms with Crippen LogP contribution in [0.15, 0.2) is 41.3 Å². The van der Waals surface area contributed by atoms with Crippen molar-refractivity contribution in [2.24, 2.45) is 0 Å². The summed E-state index contributed by atoms with van der Waals surface area (Å²) in [7, 11) is 0. The van der Waals surface area contributed by atoms with E-state index in [4.69, 9.17) is 0 Å². The zero-order valence-electron chi connectivity index (χ0n) is 11.8. The van der Waals surface area contributed by atoms with E-state index in [1.165, 1.54) is 11.8 Å². The number of hydrogen-bond donors (Lipinski definition) is 1. The van der Waals surface area contributed by atoms with Crippen LogP contribution in [-0.4, -0.2) is 12.8 Å². The molecular formula is C16H16F3NS. The van der Waals surface area contributed by atoms with Gasteiger partial charge in [-0.3, -0.25) is 0 Å². The van der Waals surface area contributed by atoms with Gasteiger partial charge in [0, 0.05) is 16.5 Å². The van der Waals surface area contributed by atoms with Crippen molar-refractivity contribution in [1.29, 1.82) is 0 Å². The molecule has 0 saturated carbocycles. The van der Waals surface area contributed by atoms with Crippen molar-refractivity contribution in [1.82, 2.24) is 5.32 Å². The van der Waals surface area contributed by atoms with Gasteiger partial charge in [0.05, 0.1) is 6.04 Å². The molecule has 5 heteroatoms. The van der Waals surface area contributed by atoms with E-state index in [-0.39, 0.29) is 5.56 Å². The summed E-state index contributed by atoms with van der Waals surface area (Å²) in [5, 5.41) is 3.13. The summed E-state index contributed by atoms with van der Waals surface area (Å²) < 4.78 is 40.7. The topological polar surface area (TPSA) is 12.0 Å². The summed E-state index contributed by atoms with van der Waals surface area (Å²) in [6.07, 6.45) is 1.92. The van der Waals surface area contributed by atoms with Gasteiger partial charge in [0.25, 0.3) is 0 Å². The molecule has 2 rings (SSSR count). The third-order valence-electron chi connectivity index (χ3n) is 3.21. The number of thioether (sulfide) groups is 1. The van der Waals surface area contributed by atoms with Gasteiger partial charge in [0.1, 0.15) is 5.82 Å². The molecular weight excluding hydrogens is 295 g/mol. The Kier molecular flexibility index (Phi) is 5.31. The quantitative estimate of drug-likeness (QED) is 0.643. The van der Waals surface area contributed by atoms with E-state index in [1.807, 2.05) is 37.4 Å². The Balaban J connectivity index is 2.56. The van der Waals surface area contributed by atoms with Gasteiger partial charge in [-0.1, -0.05) is 25.1 Å². The van der Waals surface area contributed by atoms with Crippen molar-refractivity contribution in [3.63, 3.8) is 0 Å². The SMILES string of the molecule is CCNC(c1cc(F)c(F)cc1F)c1ccccc1SC. The van der Waals surface area contributed by atoms with E-state index in [0.717, 1.165) is 16.5 Å². The highest BCUT2D eigenvalue weighted by Crippen LogP contribution is 2.32. The van der Waals surface area contributed by atoms with Crippen LogP contribution in [0.4, 0.5) is 13.2 Å². The minimum atomic E-state index is -1.18. The Morgan fingerprint density at radius 1 is 1.00 bits per heavy atom. The average molecular weight is 311 g/mol. The molecule has 0 aliphatic heterocycles. The van der Waals surface area contributed by atoms with E-state index in [0.29, 0.717) is 12.6 Å². The zero-order chi connectivity index (χ0) is 15.4. The average Bonchev–Trinajstić information content (AvgIpc) is 2.49. The highest BCUT2D eigenvalue weighted by Gasteiger charge is 2.21. The Morgan fingerprint density at radius 2 is 1.67 bits per heavy atom. The first kappa shape index (κ1) is 15.9. The maximum atomic E-state index is 14.1. The molecule has 0 radical (unpaired) electrons. The highest BCUT2D eigenvalue weighted by molar-refractivity contribution is 7.98. The van der Waals surface area contributed by atoms with Crippen molar-refractivity contribution < 1.29 is 13.2 Å². The Bertz CT molecular complexity index is 631. The maximum absolute atomic E-state index is 14.1. The minimum Gasteiger partial charge on any atom is -0.306 e. The summed E-state index contributed by atoms with van der Waals surface area (Å²) in [4.78, 5) is 0.965. The molecule has 0 amide bonds. The van der Waals surface area contributed by atoms with Gasteiger partial charge in [0.15, 0.2) is 11.6 Å². The van der Waals surface area contributed by atoms with Crippen molar-refractivity contribution in [3.8, 4) is 0 Å². The lowest BCUT2D eigenvalue weighted by atomic mass is 9.97. The lowest BCUT2D eigenvalue weighted by Crippen LogP contribution is -2.24. The molecule has 1 atom stereocenters. The fourth-order valence-corrected chi connectivity index (χ4v) is 2.89. The molecule has 0 bridgehead atoms. The van der Waals surface area contributed by atoms with Gasteiger partial charge in [0.2, 0.25) is 0 Å². The molecule has 1 nitrogen and oxygen atoms in total. The highest BCUT2D eigenvalue weighted by atomic mass is 32.2. The molecule has 112 valence electrons. The standard InChI is InChI=1S/C16H16F3NS/c1-3-20-16(10-6-4-5-7-15(10)21-2)11-8-13(18)14(19)9-12(11)17/h4-9,16,20H,3H2,1-2H3. The molecule has 0 aliphatic carbocycles. The Hall–Kier alpha value is -1.46. The van der Waals surface area contributed by atoms with Crippen LogP contribution in [0.25, 0.3) is 0 Å². The number of rotatable bonds is 5. The fraction of sp³-hybridized carbons (Fsp3) is 0.250. The van der Waals surface area contributed by atoms with Crippen molar-refractivity contribution in [2.75, 3.05) is 12.8 Å². The Labute approximate surface area is 126 Å². The third-order valence-corrected chi connectivity index (χ3v) is 4.02.